The van der Waals surface area contributed by atoms with Gasteiger partial charge >= 0.3 is 5.97 Å². The fourth-order valence-electron chi connectivity index (χ4n) is 1.78. The van der Waals surface area contributed by atoms with E-state index in [2.05, 4.69) is 20.9 Å². The quantitative estimate of drug-likeness (QED) is 0.835. The van der Waals surface area contributed by atoms with Crippen molar-refractivity contribution >= 4 is 28.0 Å². The molecular formula is C16H14BrNO3. The number of aryl methyl sites for hydroxylation is 2. The average molecular weight is 348 g/mol. The van der Waals surface area contributed by atoms with Gasteiger partial charge in [-0.25, -0.2) is 9.78 Å². The second-order valence-electron chi connectivity index (χ2n) is 4.57. The van der Waals surface area contributed by atoms with Gasteiger partial charge in [-0.3, -0.25) is 0 Å². The van der Waals surface area contributed by atoms with Crippen LogP contribution in [0.25, 0.3) is 6.08 Å². The van der Waals surface area contributed by atoms with Crippen LogP contribution < -0.4 is 4.74 Å². The fraction of sp³-hybridized carbons (Fsp3) is 0.125. The zero-order valence-electron chi connectivity index (χ0n) is 11.6. The molecule has 0 fully saturated rings. The van der Waals surface area contributed by atoms with Gasteiger partial charge in [-0.15, -0.1) is 0 Å². The summed E-state index contributed by atoms with van der Waals surface area (Å²) < 4.78 is 6.79. The predicted molar refractivity (Wildman–Crippen MR) is 84.6 cm³/mol. The fourth-order valence-corrected chi connectivity index (χ4v) is 2.26. The zero-order chi connectivity index (χ0) is 15.4. The maximum absolute atomic E-state index is 10.5. The predicted octanol–water partition coefficient (Wildman–Crippen LogP) is 4.35. The van der Waals surface area contributed by atoms with Gasteiger partial charge in [0.25, 0.3) is 0 Å². The van der Waals surface area contributed by atoms with E-state index in [0.717, 1.165) is 33.0 Å². The Hall–Kier alpha value is -2.14. The number of rotatable bonds is 4. The smallest absolute Gasteiger partial charge is 0.328 e. The molecule has 1 aromatic heterocycles. The molecule has 0 saturated carbocycles. The summed E-state index contributed by atoms with van der Waals surface area (Å²) in [4.78, 5) is 14.7. The van der Waals surface area contributed by atoms with Gasteiger partial charge in [-0.2, -0.15) is 0 Å². The van der Waals surface area contributed by atoms with E-state index in [-0.39, 0.29) is 0 Å². The van der Waals surface area contributed by atoms with Crippen LogP contribution in [0.4, 0.5) is 0 Å². The minimum absolute atomic E-state index is 0.507. The van der Waals surface area contributed by atoms with E-state index in [4.69, 9.17) is 9.84 Å². The summed E-state index contributed by atoms with van der Waals surface area (Å²) in [7, 11) is 0. The first-order chi connectivity index (χ1) is 9.95. The molecule has 0 amide bonds. The van der Waals surface area contributed by atoms with Gasteiger partial charge in [0.1, 0.15) is 5.75 Å². The third-order valence-electron chi connectivity index (χ3n) is 2.81. The summed E-state index contributed by atoms with van der Waals surface area (Å²) in [6.07, 6.45) is 4.16. The number of carboxylic acids is 1. The minimum atomic E-state index is -0.988. The number of carboxylic acid groups (broad SMARTS) is 1. The van der Waals surface area contributed by atoms with Crippen molar-refractivity contribution in [2.24, 2.45) is 0 Å². The monoisotopic (exact) mass is 347 g/mol. The molecule has 1 N–H and O–H groups in total. The number of pyridine rings is 1. The van der Waals surface area contributed by atoms with Crippen molar-refractivity contribution in [3.63, 3.8) is 0 Å². The summed E-state index contributed by atoms with van der Waals surface area (Å²) in [6, 6.07) is 7.57. The number of hydrogen-bond donors (Lipinski definition) is 1. The Bertz CT molecular complexity index is 711. The molecule has 0 atom stereocenters. The Kier molecular flexibility index (Phi) is 4.75. The van der Waals surface area contributed by atoms with Crippen LogP contribution in [-0.4, -0.2) is 16.1 Å². The van der Waals surface area contributed by atoms with Crippen LogP contribution in [0.2, 0.25) is 0 Å². The molecule has 0 aliphatic carbocycles. The lowest BCUT2D eigenvalue weighted by Crippen LogP contribution is -1.94. The van der Waals surface area contributed by atoms with Crippen molar-refractivity contribution in [3.8, 4) is 11.6 Å². The molecule has 5 heteroatoms. The molecule has 0 saturated heterocycles. The van der Waals surface area contributed by atoms with Crippen molar-refractivity contribution < 1.29 is 14.6 Å². The second kappa shape index (κ2) is 6.54. The van der Waals surface area contributed by atoms with Crippen LogP contribution in [0.5, 0.6) is 11.6 Å². The SMILES string of the molecule is Cc1cc(Br)ccc1Oc1ncc(/C=C/C(=O)O)cc1C. The van der Waals surface area contributed by atoms with Crippen LogP contribution >= 0.6 is 15.9 Å². The molecule has 1 aromatic carbocycles. The highest BCUT2D eigenvalue weighted by molar-refractivity contribution is 9.10. The van der Waals surface area contributed by atoms with Gasteiger partial charge in [0, 0.05) is 22.3 Å². The van der Waals surface area contributed by atoms with Crippen LogP contribution in [0, 0.1) is 13.8 Å². The number of ether oxygens (including phenoxy) is 1. The summed E-state index contributed by atoms with van der Waals surface area (Å²) in [5.74, 6) is 0.258. The maximum Gasteiger partial charge on any atom is 0.328 e. The number of nitrogens with zero attached hydrogens (tertiary/aromatic N) is 1. The van der Waals surface area contributed by atoms with E-state index in [0.29, 0.717) is 5.88 Å². The third kappa shape index (κ3) is 4.16. The van der Waals surface area contributed by atoms with Crippen LogP contribution in [0.15, 0.2) is 41.0 Å². The van der Waals surface area contributed by atoms with Gasteiger partial charge in [0.05, 0.1) is 0 Å². The highest BCUT2D eigenvalue weighted by Gasteiger charge is 2.06. The van der Waals surface area contributed by atoms with Crippen molar-refractivity contribution in [1.82, 2.24) is 4.98 Å². The molecule has 0 aliphatic heterocycles. The Morgan fingerprint density at radius 2 is 2.05 bits per heavy atom. The van der Waals surface area contributed by atoms with Crippen LogP contribution in [-0.2, 0) is 4.79 Å². The first kappa shape index (κ1) is 15.3. The van der Waals surface area contributed by atoms with Gasteiger partial charge in [0.15, 0.2) is 0 Å². The maximum atomic E-state index is 10.5. The van der Waals surface area contributed by atoms with Crippen LogP contribution in [0.3, 0.4) is 0 Å². The standard InChI is InChI=1S/C16H14BrNO3/c1-10-8-13(17)4-5-14(10)21-16-11(2)7-12(9-18-16)3-6-15(19)20/h3-9H,1-2H3,(H,19,20)/b6-3+. The normalized spacial score (nSPS) is 10.8. The zero-order valence-corrected chi connectivity index (χ0v) is 13.2. The molecule has 2 rings (SSSR count). The van der Waals surface area contributed by atoms with Gasteiger partial charge < -0.3 is 9.84 Å². The summed E-state index contributed by atoms with van der Waals surface area (Å²) in [5, 5.41) is 8.61. The van der Waals surface area contributed by atoms with Crippen LogP contribution in [0.1, 0.15) is 16.7 Å². The highest BCUT2D eigenvalue weighted by atomic mass is 79.9. The van der Waals surface area contributed by atoms with E-state index >= 15 is 0 Å². The minimum Gasteiger partial charge on any atom is -0.478 e. The molecule has 0 unspecified atom stereocenters. The summed E-state index contributed by atoms with van der Waals surface area (Å²) in [6.45, 7) is 3.83. The molecule has 21 heavy (non-hydrogen) atoms. The topological polar surface area (TPSA) is 59.4 Å². The van der Waals surface area contributed by atoms with E-state index in [9.17, 15) is 4.79 Å². The Morgan fingerprint density at radius 3 is 2.67 bits per heavy atom. The Labute approximate surface area is 131 Å². The van der Waals surface area contributed by atoms with Crippen molar-refractivity contribution in [3.05, 3.63) is 57.7 Å². The third-order valence-corrected chi connectivity index (χ3v) is 3.31. The van der Waals surface area contributed by atoms with E-state index in [1.165, 1.54) is 6.08 Å². The highest BCUT2D eigenvalue weighted by Crippen LogP contribution is 2.28. The second-order valence-corrected chi connectivity index (χ2v) is 5.49. The molecule has 0 aliphatic rings. The lowest BCUT2D eigenvalue weighted by Gasteiger charge is -2.10. The average Bonchev–Trinajstić information content (AvgIpc) is 2.42. The molecule has 4 nitrogen and oxygen atoms in total. The first-order valence-corrected chi connectivity index (χ1v) is 7.06. The number of benzene rings is 1. The first-order valence-electron chi connectivity index (χ1n) is 6.27. The van der Waals surface area contributed by atoms with E-state index in [1.54, 1.807) is 6.20 Å². The molecule has 0 radical (unpaired) electrons. The number of aromatic nitrogens is 1. The summed E-state index contributed by atoms with van der Waals surface area (Å²) >= 11 is 3.41. The molecule has 1 heterocycles. The van der Waals surface area contributed by atoms with Gasteiger partial charge in [-0.05, 0) is 55.3 Å². The van der Waals surface area contributed by atoms with E-state index < -0.39 is 5.97 Å². The number of aliphatic carboxylic acids is 1. The molecule has 108 valence electrons. The summed E-state index contributed by atoms with van der Waals surface area (Å²) in [5.41, 5.74) is 2.56. The van der Waals surface area contributed by atoms with Gasteiger partial charge in [0.2, 0.25) is 5.88 Å². The lowest BCUT2D eigenvalue weighted by atomic mass is 10.2. The van der Waals surface area contributed by atoms with Crippen molar-refractivity contribution in [2.75, 3.05) is 0 Å². The largest absolute Gasteiger partial charge is 0.478 e. The lowest BCUT2D eigenvalue weighted by molar-refractivity contribution is -0.131. The number of hydrogen-bond acceptors (Lipinski definition) is 3. The van der Waals surface area contributed by atoms with Crippen molar-refractivity contribution in [2.45, 2.75) is 13.8 Å². The van der Waals surface area contributed by atoms with E-state index in [1.807, 2.05) is 38.1 Å². The van der Waals surface area contributed by atoms with Gasteiger partial charge in [-0.1, -0.05) is 15.9 Å². The molecule has 0 bridgehead atoms. The molecule has 2 aromatic rings. The Balaban J connectivity index is 2.23. The van der Waals surface area contributed by atoms with Crippen molar-refractivity contribution in [1.29, 1.82) is 0 Å². The molecule has 0 spiro atoms. The molecular weight excluding hydrogens is 334 g/mol. The number of carbonyl (C=O) groups is 1. The Morgan fingerprint density at radius 1 is 1.29 bits per heavy atom. The number of halogens is 1.